The topological polar surface area (TPSA) is 0 Å². The fourth-order valence-electron chi connectivity index (χ4n) is 3.96. The average Bonchev–Trinajstić information content (AvgIpc) is 2.45. The lowest BCUT2D eigenvalue weighted by Crippen LogP contribution is -2.43. The van der Waals surface area contributed by atoms with Gasteiger partial charge in [0.25, 0.3) is 0 Å². The van der Waals surface area contributed by atoms with E-state index in [0.29, 0.717) is 16.7 Å². The molecule has 2 rings (SSSR count). The third-order valence-corrected chi connectivity index (χ3v) is 5.94. The Bertz CT molecular complexity index is 312. The van der Waals surface area contributed by atoms with E-state index < -0.39 is 0 Å². The van der Waals surface area contributed by atoms with Crippen molar-refractivity contribution in [1.82, 2.24) is 0 Å². The van der Waals surface area contributed by atoms with Crippen molar-refractivity contribution in [1.29, 1.82) is 0 Å². The van der Waals surface area contributed by atoms with Gasteiger partial charge in [0.15, 0.2) is 0 Å². The van der Waals surface area contributed by atoms with Crippen LogP contribution in [-0.2, 0) is 0 Å². The van der Waals surface area contributed by atoms with Gasteiger partial charge in [-0.2, -0.15) is 0 Å². The van der Waals surface area contributed by atoms with E-state index in [4.69, 9.17) is 0 Å². The third-order valence-electron chi connectivity index (χ3n) is 5.94. The summed E-state index contributed by atoms with van der Waals surface area (Å²) in [6.45, 7) is 13.8. The lowest BCUT2D eigenvalue weighted by atomic mass is 9.54. The van der Waals surface area contributed by atoms with Crippen LogP contribution in [-0.4, -0.2) is 0 Å². The SMILES string of the molecule is C=CC1=CC[C@@]2(C)[C@H](C)CC[C@@]2(C)[C@@H]1C. The number of hydrogen-bond acceptors (Lipinski definition) is 0. The first-order valence-corrected chi connectivity index (χ1v) is 6.28. The van der Waals surface area contributed by atoms with E-state index in [1.54, 1.807) is 0 Å². The highest BCUT2D eigenvalue weighted by Crippen LogP contribution is 2.64. The van der Waals surface area contributed by atoms with E-state index in [1.807, 2.05) is 0 Å². The van der Waals surface area contributed by atoms with E-state index in [0.717, 1.165) is 5.92 Å². The molecule has 0 aliphatic heterocycles. The Balaban J connectivity index is 2.45. The minimum Gasteiger partial charge on any atom is -0.0988 e. The number of hydrogen-bond donors (Lipinski definition) is 0. The molecule has 1 saturated carbocycles. The van der Waals surface area contributed by atoms with Crippen molar-refractivity contribution < 1.29 is 0 Å². The van der Waals surface area contributed by atoms with Gasteiger partial charge in [0.2, 0.25) is 0 Å². The maximum Gasteiger partial charge on any atom is -0.0134 e. The summed E-state index contributed by atoms with van der Waals surface area (Å²) in [5, 5.41) is 0. The lowest BCUT2D eigenvalue weighted by molar-refractivity contribution is 0.0284. The molecule has 0 N–H and O–H groups in total. The van der Waals surface area contributed by atoms with Crippen molar-refractivity contribution in [2.45, 2.75) is 47.0 Å². The van der Waals surface area contributed by atoms with Crippen LogP contribution >= 0.6 is 0 Å². The van der Waals surface area contributed by atoms with Crippen molar-refractivity contribution in [3.8, 4) is 0 Å². The highest BCUT2D eigenvalue weighted by Gasteiger charge is 2.56. The number of allylic oxidation sites excluding steroid dienone is 3. The Labute approximate surface area is 94.5 Å². The summed E-state index contributed by atoms with van der Waals surface area (Å²) in [5.41, 5.74) is 2.48. The molecule has 0 heteroatoms. The minimum atomic E-state index is 0.491. The van der Waals surface area contributed by atoms with Gasteiger partial charge in [-0.15, -0.1) is 0 Å². The van der Waals surface area contributed by atoms with Gasteiger partial charge < -0.3 is 0 Å². The van der Waals surface area contributed by atoms with Gasteiger partial charge in [-0.25, -0.2) is 0 Å². The highest BCUT2D eigenvalue weighted by molar-refractivity contribution is 5.28. The van der Waals surface area contributed by atoms with Gasteiger partial charge >= 0.3 is 0 Å². The molecular weight excluding hydrogens is 180 g/mol. The molecule has 1 fully saturated rings. The molecule has 0 amide bonds. The quantitative estimate of drug-likeness (QED) is 0.586. The van der Waals surface area contributed by atoms with Crippen LogP contribution in [0.2, 0.25) is 0 Å². The number of rotatable bonds is 1. The molecule has 0 spiro atoms. The predicted molar refractivity (Wildman–Crippen MR) is 66.7 cm³/mol. The summed E-state index contributed by atoms with van der Waals surface area (Å²) >= 11 is 0. The van der Waals surface area contributed by atoms with Gasteiger partial charge in [-0.1, -0.05) is 46.4 Å². The second kappa shape index (κ2) is 3.23. The predicted octanol–water partition coefficient (Wildman–Crippen LogP) is 4.58. The summed E-state index contributed by atoms with van der Waals surface area (Å²) in [4.78, 5) is 0. The maximum atomic E-state index is 3.95. The van der Waals surface area contributed by atoms with E-state index in [1.165, 1.54) is 24.8 Å². The van der Waals surface area contributed by atoms with Crippen molar-refractivity contribution in [2.24, 2.45) is 22.7 Å². The molecule has 4 atom stereocenters. The Hall–Kier alpha value is -0.520. The zero-order valence-corrected chi connectivity index (χ0v) is 10.6. The van der Waals surface area contributed by atoms with Crippen LogP contribution in [0.15, 0.2) is 24.3 Å². The fraction of sp³-hybridized carbons (Fsp3) is 0.733. The first-order chi connectivity index (χ1) is 6.95. The summed E-state index contributed by atoms with van der Waals surface area (Å²) < 4.78 is 0. The fourth-order valence-corrected chi connectivity index (χ4v) is 3.96. The van der Waals surface area contributed by atoms with Gasteiger partial charge in [-0.3, -0.25) is 0 Å². The van der Waals surface area contributed by atoms with E-state index in [2.05, 4.69) is 46.4 Å². The second-order valence-corrected chi connectivity index (χ2v) is 6.11. The standard InChI is InChI=1S/C15H24/c1-6-13-8-10-14(4)11(2)7-9-15(14,5)12(13)3/h6,8,11-12H,1,7,9-10H2,2-5H3/t11-,12-,14+,15+/m1/s1. The zero-order chi connectivity index (χ0) is 11.3. The van der Waals surface area contributed by atoms with Crippen molar-refractivity contribution in [3.63, 3.8) is 0 Å². The van der Waals surface area contributed by atoms with Crippen molar-refractivity contribution in [3.05, 3.63) is 24.3 Å². The van der Waals surface area contributed by atoms with Crippen LogP contribution in [0, 0.1) is 22.7 Å². The molecule has 0 heterocycles. The van der Waals surface area contributed by atoms with Gasteiger partial charge in [0, 0.05) is 0 Å². The molecule has 0 aromatic rings. The van der Waals surface area contributed by atoms with E-state index in [-0.39, 0.29) is 0 Å². The summed E-state index contributed by atoms with van der Waals surface area (Å²) in [5.74, 6) is 1.55. The average molecular weight is 204 g/mol. The van der Waals surface area contributed by atoms with Crippen molar-refractivity contribution in [2.75, 3.05) is 0 Å². The largest absolute Gasteiger partial charge is 0.0988 e. The second-order valence-electron chi connectivity index (χ2n) is 6.11. The summed E-state index contributed by atoms with van der Waals surface area (Å²) in [7, 11) is 0. The highest BCUT2D eigenvalue weighted by atomic mass is 14.6. The van der Waals surface area contributed by atoms with Crippen LogP contribution in [0.3, 0.4) is 0 Å². The molecule has 2 aliphatic rings. The molecule has 0 saturated heterocycles. The third kappa shape index (κ3) is 1.20. The summed E-state index contributed by atoms with van der Waals surface area (Å²) in [6.07, 6.45) is 8.53. The Morgan fingerprint density at radius 1 is 1.33 bits per heavy atom. The number of fused-ring (bicyclic) bond motifs is 1. The molecule has 0 unspecified atom stereocenters. The van der Waals surface area contributed by atoms with Crippen LogP contribution in [0.5, 0.6) is 0 Å². The normalized spacial score (nSPS) is 49.7. The Morgan fingerprint density at radius 2 is 2.00 bits per heavy atom. The molecular formula is C15H24. The van der Waals surface area contributed by atoms with Gasteiger partial charge in [-0.05, 0) is 47.5 Å². The molecule has 0 aromatic carbocycles. The monoisotopic (exact) mass is 204 g/mol. The first kappa shape index (κ1) is 11.0. The molecule has 0 aromatic heterocycles. The molecule has 2 aliphatic carbocycles. The van der Waals surface area contributed by atoms with Gasteiger partial charge in [0.1, 0.15) is 0 Å². The van der Waals surface area contributed by atoms with Crippen LogP contribution in [0.4, 0.5) is 0 Å². The van der Waals surface area contributed by atoms with Crippen LogP contribution < -0.4 is 0 Å². The lowest BCUT2D eigenvalue weighted by Gasteiger charge is -2.51. The van der Waals surface area contributed by atoms with Crippen LogP contribution in [0.1, 0.15) is 47.0 Å². The molecule has 0 nitrogen and oxygen atoms in total. The molecule has 0 bridgehead atoms. The van der Waals surface area contributed by atoms with E-state index >= 15 is 0 Å². The van der Waals surface area contributed by atoms with Crippen LogP contribution in [0.25, 0.3) is 0 Å². The summed E-state index contributed by atoms with van der Waals surface area (Å²) in [6, 6.07) is 0. The molecule has 15 heavy (non-hydrogen) atoms. The Morgan fingerprint density at radius 3 is 2.60 bits per heavy atom. The first-order valence-electron chi connectivity index (χ1n) is 6.28. The molecule has 0 radical (unpaired) electrons. The van der Waals surface area contributed by atoms with Gasteiger partial charge in [0.05, 0.1) is 0 Å². The Kier molecular flexibility index (Phi) is 2.37. The smallest absolute Gasteiger partial charge is 0.0134 e. The zero-order valence-electron chi connectivity index (χ0n) is 10.6. The molecule has 84 valence electrons. The van der Waals surface area contributed by atoms with Crippen molar-refractivity contribution >= 4 is 0 Å². The minimum absolute atomic E-state index is 0.491. The maximum absolute atomic E-state index is 3.95. The van der Waals surface area contributed by atoms with E-state index in [9.17, 15) is 0 Å².